The van der Waals surface area contributed by atoms with Gasteiger partial charge in [0.05, 0.1) is 16.8 Å². The van der Waals surface area contributed by atoms with Crippen molar-refractivity contribution in [2.75, 3.05) is 0 Å². The Morgan fingerprint density at radius 2 is 2.00 bits per heavy atom. The summed E-state index contributed by atoms with van der Waals surface area (Å²) in [6.07, 6.45) is 5.82. The van der Waals surface area contributed by atoms with Crippen molar-refractivity contribution in [3.63, 3.8) is 0 Å². The fourth-order valence-corrected chi connectivity index (χ4v) is 2.64. The molecule has 0 aliphatic rings. The summed E-state index contributed by atoms with van der Waals surface area (Å²) >= 11 is 6.18. The Hall–Kier alpha value is -2.01. The first-order valence-corrected chi connectivity index (χ1v) is 7.05. The molecule has 0 aliphatic carbocycles. The minimum Gasteiger partial charge on any atom is -0.271 e. The minimum absolute atomic E-state index is 0.115. The van der Waals surface area contributed by atoms with Gasteiger partial charge >= 0.3 is 0 Å². The van der Waals surface area contributed by atoms with Crippen LogP contribution in [0.3, 0.4) is 0 Å². The van der Waals surface area contributed by atoms with Crippen molar-refractivity contribution < 1.29 is 0 Å². The molecule has 1 aromatic carbocycles. The molecule has 0 fully saturated rings. The third-order valence-corrected chi connectivity index (χ3v) is 3.86. The number of halogens is 1. The van der Waals surface area contributed by atoms with Gasteiger partial charge in [-0.25, -0.2) is 0 Å². The number of benzene rings is 1. The summed E-state index contributed by atoms with van der Waals surface area (Å²) < 4.78 is 0. The fraction of sp³-hybridized carbons (Fsp3) is 0.125. The van der Waals surface area contributed by atoms with Gasteiger partial charge < -0.3 is 0 Å². The molecule has 2 heterocycles. The molecule has 106 valence electrons. The van der Waals surface area contributed by atoms with E-state index in [4.69, 9.17) is 17.4 Å². The van der Waals surface area contributed by atoms with Crippen LogP contribution < -0.4 is 11.3 Å². The van der Waals surface area contributed by atoms with Crippen molar-refractivity contribution >= 4 is 22.4 Å². The van der Waals surface area contributed by atoms with Crippen LogP contribution >= 0.6 is 11.6 Å². The van der Waals surface area contributed by atoms with Gasteiger partial charge in [0.1, 0.15) is 0 Å². The van der Waals surface area contributed by atoms with E-state index in [0.29, 0.717) is 11.4 Å². The summed E-state index contributed by atoms with van der Waals surface area (Å²) in [6, 6.07) is 11.9. The molecule has 5 heteroatoms. The molecule has 0 bridgehead atoms. The standard InChI is InChI=1S/C16H15ClN4/c17-14-10-19-7-5-12(14)9-15(21-18)16-13-4-2-1-3-11(13)6-8-20-16/h1-8,10,15,21H,9,18H2. The van der Waals surface area contributed by atoms with E-state index in [1.54, 1.807) is 18.6 Å². The first kappa shape index (κ1) is 13.9. The highest BCUT2D eigenvalue weighted by atomic mass is 35.5. The monoisotopic (exact) mass is 298 g/mol. The summed E-state index contributed by atoms with van der Waals surface area (Å²) in [6.45, 7) is 0. The maximum absolute atomic E-state index is 6.18. The Morgan fingerprint density at radius 3 is 2.81 bits per heavy atom. The predicted molar refractivity (Wildman–Crippen MR) is 84.8 cm³/mol. The predicted octanol–water partition coefficient (Wildman–Crippen LogP) is 3.03. The zero-order valence-corrected chi connectivity index (χ0v) is 12.1. The van der Waals surface area contributed by atoms with Crippen molar-refractivity contribution in [3.8, 4) is 0 Å². The first-order chi connectivity index (χ1) is 10.3. The summed E-state index contributed by atoms with van der Waals surface area (Å²) in [5, 5.41) is 2.87. The van der Waals surface area contributed by atoms with Crippen LogP contribution in [-0.4, -0.2) is 9.97 Å². The average Bonchev–Trinajstić information content (AvgIpc) is 2.54. The average molecular weight is 299 g/mol. The molecule has 0 spiro atoms. The maximum Gasteiger partial charge on any atom is 0.0679 e. The van der Waals surface area contributed by atoms with Crippen molar-refractivity contribution in [3.05, 3.63) is 71.3 Å². The second-order valence-electron chi connectivity index (χ2n) is 4.81. The topological polar surface area (TPSA) is 63.8 Å². The minimum atomic E-state index is -0.115. The molecular formula is C16H15ClN4. The SMILES string of the molecule is NNC(Cc1ccncc1Cl)c1nccc2ccccc12. The smallest absolute Gasteiger partial charge is 0.0679 e. The lowest BCUT2D eigenvalue weighted by atomic mass is 10.00. The zero-order valence-electron chi connectivity index (χ0n) is 11.3. The normalized spacial score (nSPS) is 12.5. The van der Waals surface area contributed by atoms with Gasteiger partial charge in [0, 0.05) is 24.0 Å². The van der Waals surface area contributed by atoms with Crippen LogP contribution in [0.2, 0.25) is 5.02 Å². The van der Waals surface area contributed by atoms with Crippen LogP contribution in [0.5, 0.6) is 0 Å². The van der Waals surface area contributed by atoms with E-state index in [-0.39, 0.29) is 6.04 Å². The maximum atomic E-state index is 6.18. The van der Waals surface area contributed by atoms with Crippen LogP contribution in [0.15, 0.2) is 55.0 Å². The molecule has 4 nitrogen and oxygen atoms in total. The molecule has 21 heavy (non-hydrogen) atoms. The summed E-state index contributed by atoms with van der Waals surface area (Å²) in [5.41, 5.74) is 4.75. The second kappa shape index (κ2) is 6.18. The number of hydrogen-bond acceptors (Lipinski definition) is 4. The highest BCUT2D eigenvalue weighted by Gasteiger charge is 2.16. The van der Waals surface area contributed by atoms with E-state index in [1.807, 2.05) is 24.3 Å². The summed E-state index contributed by atoms with van der Waals surface area (Å²) in [4.78, 5) is 8.50. The van der Waals surface area contributed by atoms with Crippen LogP contribution in [0, 0.1) is 0 Å². The molecule has 0 saturated carbocycles. The Balaban J connectivity index is 2.01. The van der Waals surface area contributed by atoms with Crippen LogP contribution in [-0.2, 0) is 6.42 Å². The van der Waals surface area contributed by atoms with Crippen molar-refractivity contribution in [2.24, 2.45) is 5.84 Å². The van der Waals surface area contributed by atoms with Gasteiger partial charge in [-0.2, -0.15) is 0 Å². The van der Waals surface area contributed by atoms with Crippen LogP contribution in [0.4, 0.5) is 0 Å². The number of rotatable bonds is 4. The number of fused-ring (bicyclic) bond motifs is 1. The number of hydrogen-bond donors (Lipinski definition) is 2. The van der Waals surface area contributed by atoms with Gasteiger partial charge in [0.25, 0.3) is 0 Å². The van der Waals surface area contributed by atoms with Gasteiger partial charge in [-0.3, -0.25) is 21.2 Å². The molecule has 0 saturated heterocycles. The Kier molecular flexibility index (Phi) is 4.10. The number of nitrogens with one attached hydrogen (secondary N) is 1. The number of pyridine rings is 2. The third kappa shape index (κ3) is 2.88. The molecule has 2 aromatic heterocycles. The first-order valence-electron chi connectivity index (χ1n) is 6.68. The fourth-order valence-electron chi connectivity index (χ4n) is 2.44. The molecule has 3 N–H and O–H groups in total. The van der Waals surface area contributed by atoms with Crippen LogP contribution in [0.1, 0.15) is 17.3 Å². The van der Waals surface area contributed by atoms with Gasteiger partial charge in [-0.05, 0) is 29.5 Å². The molecule has 3 aromatic rings. The number of nitrogens with zero attached hydrogens (tertiary/aromatic N) is 2. The third-order valence-electron chi connectivity index (χ3n) is 3.52. The molecule has 3 rings (SSSR count). The molecular weight excluding hydrogens is 284 g/mol. The second-order valence-corrected chi connectivity index (χ2v) is 5.21. The molecule has 0 amide bonds. The van der Waals surface area contributed by atoms with Gasteiger partial charge in [0.15, 0.2) is 0 Å². The van der Waals surface area contributed by atoms with Gasteiger partial charge in [-0.1, -0.05) is 35.9 Å². The highest BCUT2D eigenvalue weighted by molar-refractivity contribution is 6.31. The largest absolute Gasteiger partial charge is 0.271 e. The number of nitrogens with two attached hydrogens (primary N) is 1. The van der Waals surface area contributed by atoms with E-state index < -0.39 is 0 Å². The van der Waals surface area contributed by atoms with E-state index in [1.165, 1.54) is 0 Å². The Labute approximate surface area is 128 Å². The highest BCUT2D eigenvalue weighted by Crippen LogP contribution is 2.26. The van der Waals surface area contributed by atoms with Gasteiger partial charge in [-0.15, -0.1) is 0 Å². The van der Waals surface area contributed by atoms with E-state index in [2.05, 4.69) is 27.5 Å². The lowest BCUT2D eigenvalue weighted by Crippen LogP contribution is -2.30. The molecule has 0 radical (unpaired) electrons. The molecule has 1 atom stereocenters. The van der Waals surface area contributed by atoms with Crippen molar-refractivity contribution in [1.82, 2.24) is 15.4 Å². The van der Waals surface area contributed by atoms with Crippen molar-refractivity contribution in [1.29, 1.82) is 0 Å². The van der Waals surface area contributed by atoms with E-state index >= 15 is 0 Å². The Bertz CT molecular complexity index is 755. The molecule has 1 unspecified atom stereocenters. The van der Waals surface area contributed by atoms with E-state index in [9.17, 15) is 0 Å². The summed E-state index contributed by atoms with van der Waals surface area (Å²) in [5.74, 6) is 5.75. The number of hydrazine groups is 1. The lowest BCUT2D eigenvalue weighted by Gasteiger charge is -2.18. The van der Waals surface area contributed by atoms with E-state index in [0.717, 1.165) is 22.0 Å². The molecule has 0 aliphatic heterocycles. The lowest BCUT2D eigenvalue weighted by molar-refractivity contribution is 0.542. The summed E-state index contributed by atoms with van der Waals surface area (Å²) in [7, 11) is 0. The zero-order chi connectivity index (χ0) is 14.7. The number of aromatic nitrogens is 2. The van der Waals surface area contributed by atoms with Crippen LogP contribution in [0.25, 0.3) is 10.8 Å². The van der Waals surface area contributed by atoms with Crippen molar-refractivity contribution in [2.45, 2.75) is 12.5 Å². The quantitative estimate of drug-likeness (QED) is 0.574. The van der Waals surface area contributed by atoms with Gasteiger partial charge in [0.2, 0.25) is 0 Å². The Morgan fingerprint density at radius 1 is 1.14 bits per heavy atom.